The summed E-state index contributed by atoms with van der Waals surface area (Å²) in [5.41, 5.74) is 3.85. The second-order valence-corrected chi connectivity index (χ2v) is 12.7. The Morgan fingerprint density at radius 1 is 0.568 bits per heavy atom. The van der Waals surface area contributed by atoms with E-state index in [2.05, 4.69) is 33.7 Å². The summed E-state index contributed by atoms with van der Waals surface area (Å²) < 4.78 is 11.9. The van der Waals surface area contributed by atoms with Gasteiger partial charge in [0.15, 0.2) is 5.78 Å². The number of ether oxygens (including phenoxy) is 2. The Hall–Kier alpha value is -2.97. The van der Waals surface area contributed by atoms with Crippen LogP contribution in [0.15, 0.2) is 59.7 Å². The Bertz CT molecular complexity index is 1130. The molecule has 0 aromatic heterocycles. The first-order chi connectivity index (χ1) is 21.5. The third-order valence-corrected chi connectivity index (χ3v) is 9.16. The quantitative estimate of drug-likeness (QED) is 0.215. The maximum Gasteiger partial charge on any atom is 0.185 e. The summed E-state index contributed by atoms with van der Waals surface area (Å²) in [4.78, 5) is 23.0. The van der Waals surface area contributed by atoms with Crippen LogP contribution < -0.4 is 9.47 Å². The zero-order valence-electron chi connectivity index (χ0n) is 27.0. The number of carbonyl (C=O) groups excluding carboxylic acids is 1. The average molecular weight is 601 g/mol. The van der Waals surface area contributed by atoms with Crippen molar-refractivity contribution < 1.29 is 14.3 Å². The summed E-state index contributed by atoms with van der Waals surface area (Å²) in [6.07, 6.45) is 10.1. The summed E-state index contributed by atoms with van der Waals surface area (Å²) in [6, 6.07) is 16.2. The molecule has 0 radical (unpaired) electrons. The number of nitrogens with zero attached hydrogens (tertiary/aromatic N) is 4. The van der Waals surface area contributed by atoms with E-state index in [9.17, 15) is 4.79 Å². The minimum Gasteiger partial charge on any atom is -0.494 e. The van der Waals surface area contributed by atoms with Crippen LogP contribution in [0.4, 0.5) is 0 Å². The van der Waals surface area contributed by atoms with Crippen LogP contribution in [0.3, 0.4) is 0 Å². The van der Waals surface area contributed by atoms with E-state index in [1.807, 2.05) is 60.7 Å². The van der Waals surface area contributed by atoms with Gasteiger partial charge < -0.3 is 29.1 Å². The number of allylic oxidation sites excluding steroid dienone is 2. The number of ketones is 1. The number of carbonyl (C=O) groups is 1. The molecule has 1 saturated carbocycles. The number of likely N-dealkylation sites (N-methyl/N-ethyl adjacent to an activating group) is 2. The molecule has 2 heterocycles. The lowest BCUT2D eigenvalue weighted by Crippen LogP contribution is -2.44. The Labute approximate surface area is 265 Å². The van der Waals surface area contributed by atoms with E-state index in [4.69, 9.17) is 9.47 Å². The first kappa shape index (κ1) is 32.4. The molecule has 3 aliphatic rings. The highest BCUT2D eigenvalue weighted by molar-refractivity contribution is 6.15. The Morgan fingerprint density at radius 2 is 0.955 bits per heavy atom. The molecule has 0 spiro atoms. The van der Waals surface area contributed by atoms with Crippen LogP contribution in [0.5, 0.6) is 11.5 Å². The first-order valence-electron chi connectivity index (χ1n) is 16.8. The summed E-state index contributed by atoms with van der Waals surface area (Å²) in [7, 11) is 4.39. The van der Waals surface area contributed by atoms with E-state index in [1.54, 1.807) is 0 Å². The molecule has 3 fully saturated rings. The Kier molecular flexibility index (Phi) is 12.5. The smallest absolute Gasteiger partial charge is 0.185 e. The van der Waals surface area contributed by atoms with E-state index < -0.39 is 0 Å². The Morgan fingerprint density at radius 3 is 1.34 bits per heavy atom. The molecule has 0 N–H and O–H groups in total. The molecule has 0 amide bonds. The topological polar surface area (TPSA) is 48.5 Å². The zero-order valence-corrected chi connectivity index (χ0v) is 27.0. The number of unbranched alkanes of at least 4 members (excludes halogenated alkanes) is 2. The SMILES string of the molecule is CN1CCN(CCCCOc2ccc(/C=C3\CC/C(=C\c4ccc(OCCCCN5CCN(C)CC5)cc4)C3=O)cc2)CC1. The van der Waals surface area contributed by atoms with Gasteiger partial charge in [0.25, 0.3) is 0 Å². The molecule has 7 heteroatoms. The van der Waals surface area contributed by atoms with Gasteiger partial charge in [-0.05, 0) is 113 Å². The van der Waals surface area contributed by atoms with Gasteiger partial charge in [0.1, 0.15) is 11.5 Å². The molecular formula is C37H52N4O3. The molecule has 0 unspecified atom stereocenters. The summed E-state index contributed by atoms with van der Waals surface area (Å²) >= 11 is 0. The predicted octanol–water partition coefficient (Wildman–Crippen LogP) is 5.33. The highest BCUT2D eigenvalue weighted by atomic mass is 16.5. The number of piperazine rings is 2. The van der Waals surface area contributed by atoms with Crippen molar-refractivity contribution in [3.05, 3.63) is 70.8 Å². The van der Waals surface area contributed by atoms with Gasteiger partial charge >= 0.3 is 0 Å². The fourth-order valence-electron chi connectivity index (χ4n) is 6.10. The molecule has 5 rings (SSSR count). The third-order valence-electron chi connectivity index (χ3n) is 9.16. The predicted molar refractivity (Wildman–Crippen MR) is 180 cm³/mol. The van der Waals surface area contributed by atoms with Crippen molar-refractivity contribution in [1.82, 2.24) is 19.6 Å². The van der Waals surface area contributed by atoms with Crippen LogP contribution in [-0.4, -0.2) is 118 Å². The molecule has 1 aliphatic carbocycles. The van der Waals surface area contributed by atoms with Crippen molar-refractivity contribution in [1.29, 1.82) is 0 Å². The number of hydrogen-bond donors (Lipinski definition) is 0. The maximum atomic E-state index is 13.1. The number of hydrogen-bond acceptors (Lipinski definition) is 7. The van der Waals surface area contributed by atoms with Gasteiger partial charge in [0.2, 0.25) is 0 Å². The molecule has 7 nitrogen and oxygen atoms in total. The van der Waals surface area contributed by atoms with Crippen molar-refractivity contribution in [3.8, 4) is 11.5 Å². The van der Waals surface area contributed by atoms with Crippen LogP contribution in [0, 0.1) is 0 Å². The lowest BCUT2D eigenvalue weighted by atomic mass is 10.1. The van der Waals surface area contributed by atoms with Gasteiger partial charge in [0, 0.05) is 63.5 Å². The van der Waals surface area contributed by atoms with E-state index in [0.717, 1.165) is 85.8 Å². The normalized spacial score (nSPS) is 21.0. The summed E-state index contributed by atoms with van der Waals surface area (Å²) in [5.74, 6) is 1.94. The van der Waals surface area contributed by atoms with Crippen LogP contribution in [0.1, 0.15) is 49.7 Å². The summed E-state index contributed by atoms with van der Waals surface area (Å²) in [5, 5.41) is 0. The number of benzene rings is 2. The molecule has 0 atom stereocenters. The molecule has 0 bridgehead atoms. The van der Waals surface area contributed by atoms with Crippen molar-refractivity contribution >= 4 is 17.9 Å². The number of Topliss-reactive ketones (excluding diaryl/α,β-unsaturated/α-hetero) is 1. The molecule has 2 aliphatic heterocycles. The fourth-order valence-corrected chi connectivity index (χ4v) is 6.10. The van der Waals surface area contributed by atoms with E-state index in [-0.39, 0.29) is 5.78 Å². The van der Waals surface area contributed by atoms with Crippen LogP contribution in [-0.2, 0) is 4.79 Å². The standard InChI is InChI=1S/C37H52N4O3/c1-38-19-23-40(24-20-38)17-3-5-27-43-35-13-7-31(8-14-35)29-33-11-12-34(37(33)42)30-32-9-15-36(16-10-32)44-28-6-4-18-41-25-21-39(2)22-26-41/h7-10,13-16,29-30H,3-6,11-12,17-28H2,1-2H3/b33-29+,34-30+. The monoisotopic (exact) mass is 600 g/mol. The van der Waals surface area contributed by atoms with E-state index in [1.165, 1.54) is 65.2 Å². The molecule has 2 saturated heterocycles. The lowest BCUT2D eigenvalue weighted by Gasteiger charge is -2.32. The van der Waals surface area contributed by atoms with Crippen LogP contribution >= 0.6 is 0 Å². The van der Waals surface area contributed by atoms with Gasteiger partial charge in [-0.25, -0.2) is 0 Å². The van der Waals surface area contributed by atoms with Gasteiger partial charge in [-0.2, -0.15) is 0 Å². The van der Waals surface area contributed by atoms with Gasteiger partial charge in [-0.15, -0.1) is 0 Å². The van der Waals surface area contributed by atoms with Gasteiger partial charge in [-0.3, -0.25) is 4.79 Å². The largest absolute Gasteiger partial charge is 0.494 e. The lowest BCUT2D eigenvalue weighted by molar-refractivity contribution is -0.111. The highest BCUT2D eigenvalue weighted by Gasteiger charge is 2.23. The van der Waals surface area contributed by atoms with Crippen LogP contribution in [0.2, 0.25) is 0 Å². The van der Waals surface area contributed by atoms with Crippen LogP contribution in [0.25, 0.3) is 12.2 Å². The summed E-state index contributed by atoms with van der Waals surface area (Å²) in [6.45, 7) is 13.2. The Balaban J connectivity index is 0.997. The first-order valence-corrected chi connectivity index (χ1v) is 16.8. The molecule has 44 heavy (non-hydrogen) atoms. The minimum absolute atomic E-state index is 0.159. The van der Waals surface area contributed by atoms with Gasteiger partial charge in [-0.1, -0.05) is 24.3 Å². The van der Waals surface area contributed by atoms with Gasteiger partial charge in [0.05, 0.1) is 13.2 Å². The second kappa shape index (κ2) is 16.9. The third kappa shape index (κ3) is 10.3. The molecule has 238 valence electrons. The average Bonchev–Trinajstić information content (AvgIpc) is 3.38. The second-order valence-electron chi connectivity index (χ2n) is 12.7. The van der Waals surface area contributed by atoms with Crippen molar-refractivity contribution in [3.63, 3.8) is 0 Å². The van der Waals surface area contributed by atoms with E-state index in [0.29, 0.717) is 0 Å². The highest BCUT2D eigenvalue weighted by Crippen LogP contribution is 2.30. The molecule has 2 aromatic rings. The van der Waals surface area contributed by atoms with Crippen molar-refractivity contribution in [2.45, 2.75) is 38.5 Å². The van der Waals surface area contributed by atoms with Crippen molar-refractivity contribution in [2.75, 3.05) is 92.8 Å². The number of rotatable bonds is 14. The molecule has 2 aromatic carbocycles. The zero-order chi connectivity index (χ0) is 30.6. The fraction of sp³-hybridized carbons (Fsp3) is 0.541. The maximum absolute atomic E-state index is 13.1. The van der Waals surface area contributed by atoms with Crippen molar-refractivity contribution in [2.24, 2.45) is 0 Å². The van der Waals surface area contributed by atoms with E-state index >= 15 is 0 Å². The minimum atomic E-state index is 0.159. The molecular weight excluding hydrogens is 548 g/mol.